The van der Waals surface area contributed by atoms with E-state index < -0.39 is 0 Å². The fraction of sp³-hybridized carbons (Fsp3) is 0.375. The quantitative estimate of drug-likeness (QED) is 0.888. The summed E-state index contributed by atoms with van der Waals surface area (Å²) in [6, 6.07) is 7.16. The number of nitrogens with zero attached hydrogens (tertiary/aromatic N) is 2. The molecule has 2 aromatic rings. The van der Waals surface area contributed by atoms with Crippen molar-refractivity contribution in [3.05, 3.63) is 46.1 Å². The van der Waals surface area contributed by atoms with Gasteiger partial charge in [-0.1, -0.05) is 29.3 Å². The van der Waals surface area contributed by atoms with Crippen LogP contribution in [0.4, 0.5) is 5.82 Å². The molecule has 1 aromatic carbocycles. The molecule has 0 saturated carbocycles. The van der Waals surface area contributed by atoms with Gasteiger partial charge < -0.3 is 10.6 Å². The number of carbonyl (C=O) groups is 1. The Hall–Kier alpha value is -1.56. The molecule has 7 heteroatoms. The van der Waals surface area contributed by atoms with Crippen LogP contribution in [-0.4, -0.2) is 28.8 Å². The summed E-state index contributed by atoms with van der Waals surface area (Å²) in [7, 11) is 0. The van der Waals surface area contributed by atoms with Crippen molar-refractivity contribution >= 4 is 34.9 Å². The largest absolute Gasteiger partial charge is 0.316 e. The Morgan fingerprint density at radius 3 is 2.83 bits per heavy atom. The number of rotatable bonds is 4. The lowest BCUT2D eigenvalue weighted by atomic mass is 9.99. The summed E-state index contributed by atoms with van der Waals surface area (Å²) in [6.07, 6.45) is 3.58. The first kappa shape index (κ1) is 16.3. The average molecular weight is 353 g/mol. The second-order valence-electron chi connectivity index (χ2n) is 5.61. The van der Waals surface area contributed by atoms with E-state index in [1.54, 1.807) is 35.1 Å². The highest BCUT2D eigenvalue weighted by atomic mass is 35.5. The number of carbonyl (C=O) groups excluding carboxylic acids is 1. The molecule has 2 N–H and O–H groups in total. The van der Waals surface area contributed by atoms with Crippen LogP contribution in [0.2, 0.25) is 10.0 Å². The predicted molar refractivity (Wildman–Crippen MR) is 92.0 cm³/mol. The molecule has 0 bridgehead atoms. The Morgan fingerprint density at radius 2 is 2.13 bits per heavy atom. The molecule has 1 aliphatic heterocycles. The van der Waals surface area contributed by atoms with Gasteiger partial charge in [0.05, 0.1) is 18.7 Å². The van der Waals surface area contributed by atoms with E-state index in [9.17, 15) is 4.79 Å². The van der Waals surface area contributed by atoms with E-state index >= 15 is 0 Å². The zero-order valence-corrected chi connectivity index (χ0v) is 14.1. The van der Waals surface area contributed by atoms with Crippen LogP contribution in [0.15, 0.2) is 30.5 Å². The highest BCUT2D eigenvalue weighted by molar-refractivity contribution is 6.35. The van der Waals surface area contributed by atoms with Crippen LogP contribution >= 0.6 is 23.2 Å². The number of aromatic nitrogens is 2. The Labute approximate surface area is 145 Å². The first-order chi connectivity index (χ1) is 11.1. The minimum absolute atomic E-state index is 0.00370. The van der Waals surface area contributed by atoms with E-state index in [1.165, 1.54) is 0 Å². The lowest BCUT2D eigenvalue weighted by Crippen LogP contribution is -2.37. The van der Waals surface area contributed by atoms with Gasteiger partial charge in [0.25, 0.3) is 0 Å². The molecule has 0 aliphatic carbocycles. The number of hydrogen-bond acceptors (Lipinski definition) is 3. The maximum Gasteiger partial charge on any atom is 0.229 e. The van der Waals surface area contributed by atoms with E-state index in [4.69, 9.17) is 23.2 Å². The van der Waals surface area contributed by atoms with Crippen molar-refractivity contribution in [2.75, 3.05) is 18.4 Å². The summed E-state index contributed by atoms with van der Waals surface area (Å²) >= 11 is 12.4. The summed E-state index contributed by atoms with van der Waals surface area (Å²) in [5.41, 5.74) is 0.786. The van der Waals surface area contributed by atoms with Gasteiger partial charge in [0.2, 0.25) is 5.91 Å². The molecule has 0 radical (unpaired) electrons. The minimum atomic E-state index is -0.00370. The molecule has 1 atom stereocenters. The fourth-order valence-corrected chi connectivity index (χ4v) is 3.22. The van der Waals surface area contributed by atoms with Crippen molar-refractivity contribution in [2.24, 2.45) is 5.92 Å². The first-order valence-corrected chi connectivity index (χ1v) is 8.37. The zero-order chi connectivity index (χ0) is 16.2. The van der Waals surface area contributed by atoms with Gasteiger partial charge in [0, 0.05) is 28.2 Å². The third-order valence-electron chi connectivity index (χ3n) is 4.01. The number of amides is 1. The van der Waals surface area contributed by atoms with Crippen LogP contribution in [-0.2, 0) is 11.3 Å². The molecule has 1 fully saturated rings. The molecule has 1 saturated heterocycles. The van der Waals surface area contributed by atoms with Crippen LogP contribution in [0.1, 0.15) is 18.4 Å². The van der Waals surface area contributed by atoms with Crippen molar-refractivity contribution in [1.82, 2.24) is 15.1 Å². The van der Waals surface area contributed by atoms with Gasteiger partial charge in [-0.15, -0.1) is 0 Å². The van der Waals surface area contributed by atoms with Gasteiger partial charge in [0.15, 0.2) is 0 Å². The Bertz CT molecular complexity index is 675. The summed E-state index contributed by atoms with van der Waals surface area (Å²) in [6.45, 7) is 2.10. The van der Waals surface area contributed by atoms with E-state index in [1.807, 2.05) is 0 Å². The van der Waals surface area contributed by atoms with Crippen LogP contribution in [0.3, 0.4) is 0 Å². The highest BCUT2D eigenvalue weighted by Gasteiger charge is 2.22. The van der Waals surface area contributed by atoms with Crippen molar-refractivity contribution in [3.8, 4) is 0 Å². The number of nitrogens with one attached hydrogen (secondary N) is 2. The van der Waals surface area contributed by atoms with Gasteiger partial charge in [-0.05, 0) is 31.5 Å². The van der Waals surface area contributed by atoms with Gasteiger partial charge in [-0.3, -0.25) is 4.79 Å². The lowest BCUT2D eigenvalue weighted by molar-refractivity contribution is -0.120. The van der Waals surface area contributed by atoms with Gasteiger partial charge in [-0.2, -0.15) is 5.10 Å². The molecule has 1 aliphatic rings. The summed E-state index contributed by atoms with van der Waals surface area (Å²) in [4.78, 5) is 12.4. The van der Waals surface area contributed by atoms with Gasteiger partial charge in [-0.25, -0.2) is 4.68 Å². The summed E-state index contributed by atoms with van der Waals surface area (Å²) in [5, 5.41) is 11.6. The van der Waals surface area contributed by atoms with Crippen molar-refractivity contribution in [2.45, 2.75) is 19.4 Å². The second-order valence-corrected chi connectivity index (χ2v) is 6.42. The number of anilines is 1. The van der Waals surface area contributed by atoms with Crippen molar-refractivity contribution in [3.63, 3.8) is 0 Å². The SMILES string of the molecule is O=C(Nc1ccnn1Cc1c(Cl)cccc1Cl)C1CCCNC1. The van der Waals surface area contributed by atoms with E-state index in [2.05, 4.69) is 15.7 Å². The van der Waals surface area contributed by atoms with Gasteiger partial charge >= 0.3 is 0 Å². The van der Waals surface area contributed by atoms with Crippen LogP contribution in [0, 0.1) is 5.92 Å². The Morgan fingerprint density at radius 1 is 1.35 bits per heavy atom. The standard InChI is InChI=1S/C16H18Cl2N4O/c17-13-4-1-5-14(18)12(13)10-22-15(6-8-20-22)21-16(23)11-3-2-7-19-9-11/h1,4-6,8,11,19H,2-3,7,9-10H2,(H,21,23). The molecule has 122 valence electrons. The second kappa shape index (κ2) is 7.34. The molecule has 1 aromatic heterocycles. The minimum Gasteiger partial charge on any atom is -0.316 e. The number of hydrogen-bond donors (Lipinski definition) is 2. The monoisotopic (exact) mass is 352 g/mol. The number of halogens is 2. The number of benzene rings is 1. The Kier molecular flexibility index (Phi) is 5.20. The van der Waals surface area contributed by atoms with Crippen LogP contribution < -0.4 is 10.6 Å². The van der Waals surface area contributed by atoms with E-state index in [0.717, 1.165) is 31.5 Å². The zero-order valence-electron chi connectivity index (χ0n) is 12.6. The first-order valence-electron chi connectivity index (χ1n) is 7.61. The Balaban J connectivity index is 1.73. The summed E-state index contributed by atoms with van der Waals surface area (Å²) < 4.78 is 1.70. The fourth-order valence-electron chi connectivity index (χ4n) is 2.70. The summed E-state index contributed by atoms with van der Waals surface area (Å²) in [5.74, 6) is 0.664. The molecule has 1 amide bonds. The van der Waals surface area contributed by atoms with Crippen molar-refractivity contribution < 1.29 is 4.79 Å². The lowest BCUT2D eigenvalue weighted by Gasteiger charge is -2.22. The van der Waals surface area contributed by atoms with Crippen molar-refractivity contribution in [1.29, 1.82) is 0 Å². The van der Waals surface area contributed by atoms with E-state index in [0.29, 0.717) is 22.4 Å². The molecular formula is C16H18Cl2N4O. The molecule has 23 heavy (non-hydrogen) atoms. The molecule has 3 rings (SSSR count). The maximum atomic E-state index is 12.4. The topological polar surface area (TPSA) is 59.0 Å². The maximum absolute atomic E-state index is 12.4. The predicted octanol–water partition coefficient (Wildman–Crippen LogP) is 3.18. The number of piperidine rings is 1. The average Bonchev–Trinajstić information content (AvgIpc) is 2.99. The molecule has 5 nitrogen and oxygen atoms in total. The van der Waals surface area contributed by atoms with Gasteiger partial charge in [0.1, 0.15) is 5.82 Å². The molecule has 0 spiro atoms. The van der Waals surface area contributed by atoms with Crippen LogP contribution in [0.5, 0.6) is 0 Å². The third-order valence-corrected chi connectivity index (χ3v) is 4.71. The molecule has 1 unspecified atom stereocenters. The van der Waals surface area contributed by atoms with Crippen LogP contribution in [0.25, 0.3) is 0 Å². The third kappa shape index (κ3) is 3.86. The van der Waals surface area contributed by atoms with E-state index in [-0.39, 0.29) is 11.8 Å². The smallest absolute Gasteiger partial charge is 0.229 e. The normalized spacial score (nSPS) is 17.9. The molecule has 2 heterocycles. The highest BCUT2D eigenvalue weighted by Crippen LogP contribution is 2.26. The molecular weight excluding hydrogens is 335 g/mol.